The molecule has 0 aliphatic carbocycles. The molecule has 3 rings (SSSR count). The lowest BCUT2D eigenvalue weighted by Crippen LogP contribution is -2.44. The second-order valence-electron chi connectivity index (χ2n) is 15.7. The molecule has 3 aromatic rings. The van der Waals surface area contributed by atoms with Crippen molar-refractivity contribution in [3.05, 3.63) is 77.9 Å². The Balaban J connectivity index is 2.19. The first-order chi connectivity index (χ1) is 24.1. The summed E-state index contributed by atoms with van der Waals surface area (Å²) in [4.78, 5) is 52.8. The van der Waals surface area contributed by atoms with Gasteiger partial charge in [-0.25, -0.2) is 4.39 Å². The molecule has 0 spiro atoms. The normalized spacial score (nSPS) is 12.9. The van der Waals surface area contributed by atoms with Crippen LogP contribution in [0, 0.1) is 5.82 Å². The summed E-state index contributed by atoms with van der Waals surface area (Å²) >= 11 is 0. The Hall–Kier alpha value is -4.35. The first-order valence-corrected chi connectivity index (χ1v) is 20.6. The minimum Gasteiger partial charge on any atom is -0.469 e. The zero-order valence-corrected chi connectivity index (χ0v) is 33.5. The van der Waals surface area contributed by atoms with Gasteiger partial charge in [0.05, 0.1) is 31.7 Å². The fourth-order valence-corrected chi connectivity index (χ4v) is 6.92. The van der Waals surface area contributed by atoms with Crippen molar-refractivity contribution >= 4 is 38.0 Å². The Labute approximate surface area is 309 Å². The number of nitrogens with one attached hydrogen (secondary N) is 1. The SMILES string of the molecule is COC(=O)C[C@@H](CC(=O)/C=C/c1c(-c2ccc(F)cc2)c(-c2ccccc2)c(C(=O)NCCC(=O)OC(C)(C)C)n1C(C)C)O[Si](C)(C)C(C)(C)C. The van der Waals surface area contributed by atoms with Crippen molar-refractivity contribution in [3.63, 3.8) is 0 Å². The number of carbonyl (C=O) groups is 4. The largest absolute Gasteiger partial charge is 0.469 e. The number of rotatable bonds is 15. The second kappa shape index (κ2) is 17.4. The van der Waals surface area contributed by atoms with E-state index < -0.39 is 43.7 Å². The van der Waals surface area contributed by atoms with E-state index in [0.717, 1.165) is 5.56 Å². The van der Waals surface area contributed by atoms with Gasteiger partial charge in [0, 0.05) is 30.1 Å². The van der Waals surface area contributed by atoms with E-state index in [1.807, 2.05) is 48.7 Å². The Kier molecular flexibility index (Phi) is 14.1. The number of allylic oxidation sites excluding steroid dienone is 1. The molecule has 1 N–H and O–H groups in total. The van der Waals surface area contributed by atoms with Crippen LogP contribution in [0.5, 0.6) is 0 Å². The topological polar surface area (TPSA) is 113 Å². The monoisotopic (exact) mass is 734 g/mol. The number of carbonyl (C=O) groups excluding carboxylic acids is 4. The van der Waals surface area contributed by atoms with E-state index in [0.29, 0.717) is 28.1 Å². The quantitative estimate of drug-likeness (QED) is 0.0943. The molecule has 1 atom stereocenters. The summed E-state index contributed by atoms with van der Waals surface area (Å²) in [6.45, 7) is 19.6. The number of ether oxygens (including phenoxy) is 2. The van der Waals surface area contributed by atoms with Crippen molar-refractivity contribution < 1.29 is 37.5 Å². The zero-order valence-electron chi connectivity index (χ0n) is 32.5. The van der Waals surface area contributed by atoms with Crippen LogP contribution in [0.1, 0.15) is 96.9 Å². The van der Waals surface area contributed by atoms with Crippen molar-refractivity contribution in [2.24, 2.45) is 0 Å². The van der Waals surface area contributed by atoms with Gasteiger partial charge in [-0.2, -0.15) is 0 Å². The number of esters is 2. The Morgan fingerprint density at radius 1 is 0.865 bits per heavy atom. The van der Waals surface area contributed by atoms with E-state index in [1.165, 1.54) is 25.3 Å². The summed E-state index contributed by atoms with van der Waals surface area (Å²) in [5.74, 6) is -2.03. The average Bonchev–Trinajstić information content (AvgIpc) is 3.38. The van der Waals surface area contributed by atoms with Gasteiger partial charge in [-0.1, -0.05) is 63.2 Å². The highest BCUT2D eigenvalue weighted by Gasteiger charge is 2.40. The fourth-order valence-electron chi connectivity index (χ4n) is 5.56. The molecule has 0 fully saturated rings. The second-order valence-corrected chi connectivity index (χ2v) is 20.5. The summed E-state index contributed by atoms with van der Waals surface area (Å²) in [6.07, 6.45) is 2.27. The van der Waals surface area contributed by atoms with Gasteiger partial charge in [0.1, 0.15) is 17.1 Å². The first kappa shape index (κ1) is 42.1. The molecule has 0 bridgehead atoms. The highest BCUT2D eigenvalue weighted by molar-refractivity contribution is 6.74. The van der Waals surface area contributed by atoms with Crippen LogP contribution < -0.4 is 5.32 Å². The van der Waals surface area contributed by atoms with Gasteiger partial charge in [0.25, 0.3) is 5.91 Å². The lowest BCUT2D eigenvalue weighted by molar-refractivity contribution is -0.154. The summed E-state index contributed by atoms with van der Waals surface area (Å²) in [5.41, 5.74) is 2.81. The third-order valence-electron chi connectivity index (χ3n) is 8.95. The van der Waals surface area contributed by atoms with Gasteiger partial charge < -0.3 is 23.8 Å². The number of ketones is 1. The molecular weight excluding hydrogens is 680 g/mol. The molecule has 0 saturated carbocycles. The third kappa shape index (κ3) is 11.3. The van der Waals surface area contributed by atoms with Crippen LogP contribution in [0.25, 0.3) is 28.3 Å². The fraction of sp³-hybridized carbons (Fsp3) is 0.463. The summed E-state index contributed by atoms with van der Waals surface area (Å²) in [7, 11) is -1.05. The van der Waals surface area contributed by atoms with E-state index >= 15 is 0 Å². The van der Waals surface area contributed by atoms with Gasteiger partial charge in [0.2, 0.25) is 0 Å². The Bertz CT molecular complexity index is 1750. The van der Waals surface area contributed by atoms with Gasteiger partial charge in [-0.3, -0.25) is 19.2 Å². The first-order valence-electron chi connectivity index (χ1n) is 17.7. The highest BCUT2D eigenvalue weighted by Crippen LogP contribution is 2.43. The lowest BCUT2D eigenvalue weighted by Gasteiger charge is -2.39. The molecule has 282 valence electrons. The lowest BCUT2D eigenvalue weighted by atomic mass is 9.94. The van der Waals surface area contributed by atoms with E-state index in [9.17, 15) is 23.6 Å². The molecule has 1 aromatic heterocycles. The van der Waals surface area contributed by atoms with Crippen LogP contribution in [0.2, 0.25) is 18.1 Å². The molecule has 0 aliphatic rings. The van der Waals surface area contributed by atoms with Gasteiger partial charge in [-0.05, 0) is 88.2 Å². The molecule has 0 aliphatic heterocycles. The number of hydrogen-bond donors (Lipinski definition) is 1. The van der Waals surface area contributed by atoms with Crippen LogP contribution in [0.15, 0.2) is 60.7 Å². The molecule has 0 saturated heterocycles. The standard InChI is InChI=1S/C41H55FN2O7Si/c1-27(2)44-33(22-21-31(45)25-32(26-35(47)49-9)51-52(10,11)41(6,7)8)36(29-17-19-30(42)20-18-29)37(28-15-13-12-14-16-28)38(44)39(48)43-24-23-34(46)50-40(3,4)5/h12-22,27,32H,23-26H2,1-11H3,(H,43,48)/b22-21+/t32-/m1/s1. The smallest absolute Gasteiger partial charge is 0.308 e. The predicted molar refractivity (Wildman–Crippen MR) is 206 cm³/mol. The van der Waals surface area contributed by atoms with Gasteiger partial charge in [-0.15, -0.1) is 0 Å². The Morgan fingerprint density at radius 3 is 2.00 bits per heavy atom. The van der Waals surface area contributed by atoms with Gasteiger partial charge >= 0.3 is 11.9 Å². The van der Waals surface area contributed by atoms with Crippen molar-refractivity contribution in [2.75, 3.05) is 13.7 Å². The van der Waals surface area contributed by atoms with Crippen LogP contribution in [-0.4, -0.2) is 61.9 Å². The number of halogens is 1. The highest BCUT2D eigenvalue weighted by atomic mass is 28.4. The molecule has 52 heavy (non-hydrogen) atoms. The van der Waals surface area contributed by atoms with Crippen molar-refractivity contribution in [1.29, 1.82) is 0 Å². The van der Waals surface area contributed by atoms with Crippen LogP contribution in [0.3, 0.4) is 0 Å². The molecular formula is C41H55FN2O7Si. The van der Waals surface area contributed by atoms with Gasteiger partial charge in [0.15, 0.2) is 14.1 Å². The minimum atomic E-state index is -2.36. The number of hydrogen-bond acceptors (Lipinski definition) is 7. The van der Waals surface area contributed by atoms with Crippen LogP contribution >= 0.6 is 0 Å². The molecule has 9 nitrogen and oxygen atoms in total. The zero-order chi connectivity index (χ0) is 39.0. The van der Waals surface area contributed by atoms with Crippen LogP contribution in [0.4, 0.5) is 4.39 Å². The number of amides is 1. The number of nitrogens with zero attached hydrogens (tertiary/aromatic N) is 1. The van der Waals surface area contributed by atoms with E-state index in [4.69, 9.17) is 13.9 Å². The summed E-state index contributed by atoms with van der Waals surface area (Å²) < 4.78 is 33.0. The Morgan fingerprint density at radius 2 is 1.46 bits per heavy atom. The number of methoxy groups -OCH3 is 1. The number of aromatic nitrogens is 1. The molecule has 1 heterocycles. The van der Waals surface area contributed by atoms with E-state index in [1.54, 1.807) is 39.0 Å². The maximum atomic E-state index is 14.2. The van der Waals surface area contributed by atoms with E-state index in [-0.39, 0.29) is 42.7 Å². The molecule has 1 amide bonds. The minimum absolute atomic E-state index is 0.0260. The van der Waals surface area contributed by atoms with Crippen molar-refractivity contribution in [1.82, 2.24) is 9.88 Å². The maximum absolute atomic E-state index is 14.2. The summed E-state index contributed by atoms with van der Waals surface area (Å²) in [5, 5.41) is 2.75. The predicted octanol–water partition coefficient (Wildman–Crippen LogP) is 8.93. The third-order valence-corrected chi connectivity index (χ3v) is 13.5. The van der Waals surface area contributed by atoms with Crippen LogP contribution in [-0.2, 0) is 28.3 Å². The number of benzene rings is 2. The van der Waals surface area contributed by atoms with Crippen molar-refractivity contribution in [2.45, 2.75) is 111 Å². The molecule has 2 aromatic carbocycles. The van der Waals surface area contributed by atoms with Crippen molar-refractivity contribution in [3.8, 4) is 22.3 Å². The average molecular weight is 735 g/mol. The van der Waals surface area contributed by atoms with E-state index in [2.05, 4.69) is 39.2 Å². The molecule has 11 heteroatoms. The molecule has 0 radical (unpaired) electrons. The maximum Gasteiger partial charge on any atom is 0.308 e. The molecule has 0 unspecified atom stereocenters. The summed E-state index contributed by atoms with van der Waals surface area (Å²) in [6, 6.07) is 15.1.